The van der Waals surface area contributed by atoms with Crippen LogP contribution in [0.25, 0.3) is 11.0 Å². The van der Waals surface area contributed by atoms with E-state index in [-0.39, 0.29) is 17.9 Å². The molecular weight excluding hydrogens is 430 g/mol. The normalized spacial score (nSPS) is 19.9. The summed E-state index contributed by atoms with van der Waals surface area (Å²) < 4.78 is 5.42. The van der Waals surface area contributed by atoms with Gasteiger partial charge in [-0.15, -0.1) is 0 Å². The Morgan fingerprint density at radius 1 is 1.22 bits per heavy atom. The maximum Gasteiger partial charge on any atom is 0.407 e. The Labute approximate surface area is 193 Å². The van der Waals surface area contributed by atoms with Crippen LogP contribution in [0.1, 0.15) is 59.3 Å². The quantitative estimate of drug-likeness (QED) is 0.605. The molecule has 1 atom stereocenters. The van der Waals surface area contributed by atoms with Crippen molar-refractivity contribution in [2.24, 2.45) is 5.92 Å². The Morgan fingerprint density at radius 2 is 1.97 bits per heavy atom. The molecule has 0 aromatic carbocycles. The van der Waals surface area contributed by atoms with Gasteiger partial charge in [-0.3, -0.25) is 4.79 Å². The fraction of sp³-hybridized carbons (Fsp3) is 0.609. The lowest BCUT2D eigenvalue weighted by molar-refractivity contribution is -0.119. The third kappa shape index (κ3) is 5.11. The van der Waals surface area contributed by atoms with E-state index in [1.54, 1.807) is 12.4 Å². The van der Waals surface area contributed by atoms with Crippen molar-refractivity contribution in [2.75, 3.05) is 23.3 Å². The van der Waals surface area contributed by atoms with Gasteiger partial charge >= 0.3 is 6.09 Å². The van der Waals surface area contributed by atoms with E-state index in [4.69, 9.17) is 16.3 Å². The van der Waals surface area contributed by atoms with Crippen molar-refractivity contribution in [2.45, 2.75) is 70.9 Å². The summed E-state index contributed by atoms with van der Waals surface area (Å²) in [6, 6.07) is -0.0617. The second-order valence-electron chi connectivity index (χ2n) is 9.78. The number of fused-ring (bicyclic) bond motifs is 1. The molecule has 0 unspecified atom stereocenters. The predicted molar refractivity (Wildman–Crippen MR) is 126 cm³/mol. The number of hydrogen-bond donors (Lipinski definition) is 3. The number of aromatic nitrogens is 2. The molecule has 2 aliphatic rings. The number of rotatable bonds is 4. The first-order chi connectivity index (χ1) is 15.2. The van der Waals surface area contributed by atoms with E-state index in [0.717, 1.165) is 56.1 Å². The van der Waals surface area contributed by atoms with E-state index >= 15 is 0 Å². The molecular formula is C23H32ClN5O3. The Kier molecular flexibility index (Phi) is 6.51. The van der Waals surface area contributed by atoms with Crippen molar-refractivity contribution in [3.05, 3.63) is 17.4 Å². The summed E-state index contributed by atoms with van der Waals surface area (Å²) in [5.41, 5.74) is 1.66. The number of anilines is 2. The average molecular weight is 462 g/mol. The molecule has 4 rings (SSSR count). The standard InChI is InChI=1S/C23H32ClN5O3/c1-23(2,3)32-22(31)27-15-9-6-10-29(13-15)19-16(24)11-25-20-18(19)17(12-26-20)28-21(30)14-7-4-5-8-14/h11-12,14-15H,4-10,13H2,1-3H3,(H,25,26)(H,27,31)(H,28,30)/t15-/m1/s1. The van der Waals surface area contributed by atoms with Crippen molar-refractivity contribution in [3.63, 3.8) is 0 Å². The number of pyridine rings is 1. The number of hydrogen-bond acceptors (Lipinski definition) is 5. The molecule has 9 heteroatoms. The minimum Gasteiger partial charge on any atom is -0.444 e. The Hall–Kier alpha value is -2.48. The molecule has 3 heterocycles. The second kappa shape index (κ2) is 9.17. The highest BCUT2D eigenvalue weighted by molar-refractivity contribution is 6.35. The van der Waals surface area contributed by atoms with Gasteiger partial charge in [-0.05, 0) is 46.5 Å². The first kappa shape index (κ1) is 22.7. The molecule has 174 valence electrons. The first-order valence-electron chi connectivity index (χ1n) is 11.4. The summed E-state index contributed by atoms with van der Waals surface area (Å²) in [4.78, 5) is 34.8. The predicted octanol–water partition coefficient (Wildman–Crippen LogP) is 4.84. The van der Waals surface area contributed by atoms with E-state index in [1.165, 1.54) is 0 Å². The van der Waals surface area contributed by atoms with Crippen molar-refractivity contribution < 1.29 is 14.3 Å². The fourth-order valence-electron chi connectivity index (χ4n) is 4.66. The average Bonchev–Trinajstić information content (AvgIpc) is 3.37. The van der Waals surface area contributed by atoms with Crippen LogP contribution in [0.2, 0.25) is 5.02 Å². The minimum absolute atomic E-state index is 0.0532. The smallest absolute Gasteiger partial charge is 0.407 e. The maximum atomic E-state index is 12.8. The molecule has 1 saturated heterocycles. The molecule has 0 radical (unpaired) electrons. The number of amides is 2. The van der Waals surface area contributed by atoms with Gasteiger partial charge in [0.15, 0.2) is 0 Å². The monoisotopic (exact) mass is 461 g/mol. The zero-order valence-corrected chi connectivity index (χ0v) is 19.7. The van der Waals surface area contributed by atoms with Crippen LogP contribution in [0.5, 0.6) is 0 Å². The van der Waals surface area contributed by atoms with Crippen molar-refractivity contribution in [1.82, 2.24) is 15.3 Å². The van der Waals surface area contributed by atoms with E-state index < -0.39 is 11.7 Å². The minimum atomic E-state index is -0.545. The SMILES string of the molecule is CC(C)(C)OC(=O)N[C@@H]1CCCN(c2c(Cl)cnc3[nH]cc(NC(=O)C4CCCC4)c23)C1. The summed E-state index contributed by atoms with van der Waals surface area (Å²) >= 11 is 6.63. The first-order valence-corrected chi connectivity index (χ1v) is 11.8. The van der Waals surface area contributed by atoms with Crippen molar-refractivity contribution in [3.8, 4) is 0 Å². The van der Waals surface area contributed by atoms with Crippen LogP contribution >= 0.6 is 11.6 Å². The van der Waals surface area contributed by atoms with E-state index in [0.29, 0.717) is 22.9 Å². The van der Waals surface area contributed by atoms with Gasteiger partial charge in [0.05, 0.1) is 28.0 Å². The molecule has 1 aliphatic carbocycles. The van der Waals surface area contributed by atoms with E-state index in [9.17, 15) is 9.59 Å². The lowest BCUT2D eigenvalue weighted by Gasteiger charge is -2.36. The molecule has 2 amide bonds. The fourth-order valence-corrected chi connectivity index (χ4v) is 4.92. The van der Waals surface area contributed by atoms with Gasteiger partial charge in [-0.2, -0.15) is 0 Å². The number of alkyl carbamates (subject to hydrolysis) is 1. The van der Waals surface area contributed by atoms with Crippen LogP contribution in [0.3, 0.4) is 0 Å². The number of ether oxygens (including phenoxy) is 1. The van der Waals surface area contributed by atoms with E-state index in [1.807, 2.05) is 20.8 Å². The summed E-state index contributed by atoms with van der Waals surface area (Å²) in [7, 11) is 0. The molecule has 2 fully saturated rings. The van der Waals surface area contributed by atoms with Crippen LogP contribution in [-0.2, 0) is 9.53 Å². The lowest BCUT2D eigenvalue weighted by atomic mass is 10.0. The molecule has 3 N–H and O–H groups in total. The third-order valence-corrected chi connectivity index (χ3v) is 6.35. The molecule has 32 heavy (non-hydrogen) atoms. The van der Waals surface area contributed by atoms with Crippen LogP contribution in [-0.4, -0.2) is 46.7 Å². The zero-order valence-electron chi connectivity index (χ0n) is 19.0. The summed E-state index contributed by atoms with van der Waals surface area (Å²) in [6.45, 7) is 6.94. The van der Waals surface area contributed by atoms with Crippen molar-refractivity contribution in [1.29, 1.82) is 0 Å². The summed E-state index contributed by atoms with van der Waals surface area (Å²) in [5.74, 6) is 0.116. The molecule has 0 spiro atoms. The van der Waals surface area contributed by atoms with Gasteiger partial charge in [-0.1, -0.05) is 24.4 Å². The second-order valence-corrected chi connectivity index (χ2v) is 10.2. The molecule has 1 aliphatic heterocycles. The number of carbonyl (C=O) groups is 2. The summed E-state index contributed by atoms with van der Waals surface area (Å²) in [6.07, 6.45) is 8.83. The van der Waals surface area contributed by atoms with E-state index in [2.05, 4.69) is 25.5 Å². The van der Waals surface area contributed by atoms with Crippen molar-refractivity contribution >= 4 is 46.0 Å². The molecule has 2 aromatic rings. The molecule has 2 aromatic heterocycles. The van der Waals surface area contributed by atoms with Gasteiger partial charge in [0.2, 0.25) is 5.91 Å². The molecule has 1 saturated carbocycles. The number of halogens is 1. The van der Waals surface area contributed by atoms with Crippen LogP contribution < -0.4 is 15.5 Å². The molecule has 0 bridgehead atoms. The van der Waals surface area contributed by atoms with Gasteiger partial charge in [0.25, 0.3) is 0 Å². The molecule has 8 nitrogen and oxygen atoms in total. The van der Waals surface area contributed by atoms with Crippen LogP contribution in [0.4, 0.5) is 16.2 Å². The number of piperidine rings is 1. The van der Waals surface area contributed by atoms with Crippen LogP contribution in [0, 0.1) is 5.92 Å². The largest absolute Gasteiger partial charge is 0.444 e. The highest BCUT2D eigenvalue weighted by Gasteiger charge is 2.29. The Morgan fingerprint density at radius 3 is 2.69 bits per heavy atom. The summed E-state index contributed by atoms with van der Waals surface area (Å²) in [5, 5.41) is 7.41. The number of aromatic amines is 1. The number of carbonyl (C=O) groups excluding carboxylic acids is 2. The zero-order chi connectivity index (χ0) is 22.9. The highest BCUT2D eigenvalue weighted by atomic mass is 35.5. The highest BCUT2D eigenvalue weighted by Crippen LogP contribution is 2.39. The van der Waals surface area contributed by atoms with Gasteiger partial charge in [0, 0.05) is 31.2 Å². The Bertz CT molecular complexity index is 993. The van der Waals surface area contributed by atoms with Crippen LogP contribution in [0.15, 0.2) is 12.4 Å². The number of H-pyrrole nitrogens is 1. The number of nitrogens with one attached hydrogen (secondary N) is 3. The number of nitrogens with zero attached hydrogens (tertiary/aromatic N) is 2. The maximum absolute atomic E-state index is 12.8. The topological polar surface area (TPSA) is 99.3 Å². The van der Waals surface area contributed by atoms with Gasteiger partial charge in [-0.25, -0.2) is 9.78 Å². The Balaban J connectivity index is 1.56. The van der Waals surface area contributed by atoms with Gasteiger partial charge in [0.1, 0.15) is 11.2 Å². The lowest BCUT2D eigenvalue weighted by Crippen LogP contribution is -2.49. The van der Waals surface area contributed by atoms with Gasteiger partial charge < -0.3 is 25.3 Å². The third-order valence-electron chi connectivity index (χ3n) is 6.07.